The zero-order valence-corrected chi connectivity index (χ0v) is 19.6. The predicted octanol–water partition coefficient (Wildman–Crippen LogP) is 3.75. The molecular weight excluding hydrogens is 408 g/mol. The van der Waals surface area contributed by atoms with Gasteiger partial charge in [-0.2, -0.15) is 5.10 Å². The standard InChI is InChI=1S/C23H30N6OS/c1-13-8-14(2)11-28(10-13)19(30)12-31-23-25-22-20(17(5)26-27-22)21(24)29(23)18-7-6-15(3)16(4)9-18/h6-7,9,13-14,24H,8,10-12H2,1-5H3,(H,26,27). The van der Waals surface area contributed by atoms with Gasteiger partial charge in [-0.15, -0.1) is 0 Å². The Balaban J connectivity index is 1.70. The minimum atomic E-state index is 0.127. The topological polar surface area (TPSA) is 90.7 Å². The van der Waals surface area contributed by atoms with E-state index in [1.165, 1.54) is 23.7 Å². The molecule has 31 heavy (non-hydrogen) atoms. The summed E-state index contributed by atoms with van der Waals surface area (Å²) in [5.74, 6) is 1.48. The molecule has 3 heterocycles. The third kappa shape index (κ3) is 4.26. The van der Waals surface area contributed by atoms with Crippen LogP contribution in [0.1, 0.15) is 37.1 Å². The van der Waals surface area contributed by atoms with Crippen LogP contribution in [-0.4, -0.2) is 49.4 Å². The number of fused-ring (bicyclic) bond motifs is 1. The Morgan fingerprint density at radius 1 is 1.19 bits per heavy atom. The van der Waals surface area contributed by atoms with Crippen molar-refractivity contribution >= 4 is 28.7 Å². The lowest BCUT2D eigenvalue weighted by Crippen LogP contribution is -2.43. The van der Waals surface area contributed by atoms with Crippen molar-refractivity contribution in [2.75, 3.05) is 18.8 Å². The van der Waals surface area contributed by atoms with Gasteiger partial charge in [0, 0.05) is 24.5 Å². The highest BCUT2D eigenvalue weighted by Gasteiger charge is 2.26. The average molecular weight is 439 g/mol. The number of hydrogen-bond donors (Lipinski definition) is 2. The van der Waals surface area contributed by atoms with E-state index in [2.05, 4.69) is 50.0 Å². The first-order valence-electron chi connectivity index (χ1n) is 10.7. The van der Waals surface area contributed by atoms with E-state index in [9.17, 15) is 4.79 Å². The molecule has 1 aliphatic heterocycles. The molecule has 0 radical (unpaired) electrons. The highest BCUT2D eigenvalue weighted by Crippen LogP contribution is 2.25. The van der Waals surface area contributed by atoms with Gasteiger partial charge in [0.25, 0.3) is 0 Å². The first-order chi connectivity index (χ1) is 14.7. The predicted molar refractivity (Wildman–Crippen MR) is 124 cm³/mol. The van der Waals surface area contributed by atoms with Gasteiger partial charge in [0.2, 0.25) is 5.91 Å². The summed E-state index contributed by atoms with van der Waals surface area (Å²) in [6.45, 7) is 12.1. The molecule has 0 aliphatic carbocycles. The van der Waals surface area contributed by atoms with E-state index in [4.69, 9.17) is 10.4 Å². The number of piperidine rings is 1. The van der Waals surface area contributed by atoms with Gasteiger partial charge in [-0.3, -0.25) is 19.9 Å². The van der Waals surface area contributed by atoms with Gasteiger partial charge in [0.05, 0.1) is 11.1 Å². The van der Waals surface area contributed by atoms with E-state index < -0.39 is 0 Å². The Bertz CT molecular complexity index is 1190. The summed E-state index contributed by atoms with van der Waals surface area (Å²) in [5, 5.41) is 17.4. The fourth-order valence-corrected chi connectivity index (χ4v) is 5.33. The molecule has 2 unspecified atom stereocenters. The van der Waals surface area contributed by atoms with Crippen molar-refractivity contribution in [2.24, 2.45) is 11.8 Å². The third-order valence-electron chi connectivity index (χ3n) is 6.08. The van der Waals surface area contributed by atoms with Gasteiger partial charge in [0.15, 0.2) is 10.8 Å². The largest absolute Gasteiger partial charge is 0.341 e. The van der Waals surface area contributed by atoms with Crippen LogP contribution in [0, 0.1) is 38.0 Å². The highest BCUT2D eigenvalue weighted by atomic mass is 32.2. The van der Waals surface area contributed by atoms with Gasteiger partial charge in [-0.25, -0.2) is 4.98 Å². The van der Waals surface area contributed by atoms with Crippen LogP contribution in [0.3, 0.4) is 0 Å². The summed E-state index contributed by atoms with van der Waals surface area (Å²) >= 11 is 1.38. The summed E-state index contributed by atoms with van der Waals surface area (Å²) in [6, 6.07) is 6.12. The average Bonchev–Trinajstić information content (AvgIpc) is 3.08. The molecule has 1 aromatic carbocycles. The lowest BCUT2D eigenvalue weighted by Gasteiger charge is -2.35. The SMILES string of the molecule is Cc1ccc(-n2c(SCC(=O)N3CC(C)CC(C)C3)nc3n[nH]c(C)c3c2=N)cc1C. The number of aromatic amines is 1. The van der Waals surface area contributed by atoms with Crippen molar-refractivity contribution in [1.29, 1.82) is 5.41 Å². The lowest BCUT2D eigenvalue weighted by molar-refractivity contribution is -0.130. The lowest BCUT2D eigenvalue weighted by atomic mass is 9.92. The Kier molecular flexibility index (Phi) is 5.92. The van der Waals surface area contributed by atoms with Crippen LogP contribution in [0.5, 0.6) is 0 Å². The summed E-state index contributed by atoms with van der Waals surface area (Å²) in [7, 11) is 0. The maximum atomic E-state index is 13.0. The van der Waals surface area contributed by atoms with Crippen LogP contribution in [0.2, 0.25) is 0 Å². The molecular formula is C23H30N6OS. The molecule has 2 aromatic heterocycles. The number of benzene rings is 1. The van der Waals surface area contributed by atoms with Crippen LogP contribution >= 0.6 is 11.8 Å². The molecule has 8 heteroatoms. The summed E-state index contributed by atoms with van der Waals surface area (Å²) in [5.41, 5.74) is 4.87. The first kappa shape index (κ1) is 21.6. The van der Waals surface area contributed by atoms with E-state index in [0.717, 1.165) is 30.0 Å². The quantitative estimate of drug-likeness (QED) is 0.479. The van der Waals surface area contributed by atoms with Crippen molar-refractivity contribution in [1.82, 2.24) is 24.6 Å². The number of aryl methyl sites for hydroxylation is 3. The molecule has 7 nitrogen and oxygen atoms in total. The number of H-pyrrole nitrogens is 1. The van der Waals surface area contributed by atoms with Crippen molar-refractivity contribution in [3.05, 3.63) is 40.5 Å². The molecule has 3 aromatic rings. The number of carbonyl (C=O) groups is 1. The van der Waals surface area contributed by atoms with Gasteiger partial charge in [-0.1, -0.05) is 31.7 Å². The van der Waals surface area contributed by atoms with E-state index in [0.29, 0.717) is 39.3 Å². The van der Waals surface area contributed by atoms with E-state index in [-0.39, 0.29) is 5.91 Å². The molecule has 1 amide bonds. The smallest absolute Gasteiger partial charge is 0.233 e. The van der Waals surface area contributed by atoms with Crippen LogP contribution < -0.4 is 5.49 Å². The summed E-state index contributed by atoms with van der Waals surface area (Å²) in [4.78, 5) is 19.7. The van der Waals surface area contributed by atoms with E-state index in [1.54, 1.807) is 0 Å². The molecule has 1 saturated heterocycles. The Morgan fingerprint density at radius 3 is 2.58 bits per heavy atom. The van der Waals surface area contributed by atoms with Gasteiger partial charge < -0.3 is 4.90 Å². The fraction of sp³-hybridized carbons (Fsp3) is 0.478. The normalized spacial score (nSPS) is 19.2. The number of nitrogens with one attached hydrogen (secondary N) is 2. The summed E-state index contributed by atoms with van der Waals surface area (Å²) in [6.07, 6.45) is 1.17. The maximum Gasteiger partial charge on any atom is 0.233 e. The monoisotopic (exact) mass is 438 g/mol. The van der Waals surface area contributed by atoms with Crippen molar-refractivity contribution in [2.45, 2.75) is 46.2 Å². The van der Waals surface area contributed by atoms with Crippen LogP contribution in [0.25, 0.3) is 16.7 Å². The number of aromatic nitrogens is 4. The van der Waals surface area contributed by atoms with Crippen molar-refractivity contribution in [3.8, 4) is 5.69 Å². The van der Waals surface area contributed by atoms with E-state index in [1.807, 2.05) is 22.5 Å². The van der Waals surface area contributed by atoms with Gasteiger partial charge in [-0.05, 0) is 62.3 Å². The highest BCUT2D eigenvalue weighted by molar-refractivity contribution is 7.99. The van der Waals surface area contributed by atoms with Crippen LogP contribution in [-0.2, 0) is 4.79 Å². The van der Waals surface area contributed by atoms with Crippen molar-refractivity contribution in [3.63, 3.8) is 0 Å². The molecule has 1 fully saturated rings. The fourth-order valence-electron chi connectivity index (χ4n) is 4.41. The second-order valence-electron chi connectivity index (χ2n) is 8.93. The van der Waals surface area contributed by atoms with Crippen LogP contribution in [0.4, 0.5) is 0 Å². The minimum absolute atomic E-state index is 0.127. The molecule has 2 N–H and O–H groups in total. The van der Waals surface area contributed by atoms with Crippen LogP contribution in [0.15, 0.2) is 23.4 Å². The number of carbonyl (C=O) groups excluding carboxylic acids is 1. The molecule has 0 spiro atoms. The molecule has 2 atom stereocenters. The molecule has 0 saturated carbocycles. The number of thioether (sulfide) groups is 1. The maximum absolute atomic E-state index is 13.0. The number of hydrogen-bond acceptors (Lipinski definition) is 5. The minimum Gasteiger partial charge on any atom is -0.341 e. The first-order valence-corrected chi connectivity index (χ1v) is 11.7. The number of rotatable bonds is 4. The van der Waals surface area contributed by atoms with Crippen molar-refractivity contribution < 1.29 is 4.79 Å². The zero-order chi connectivity index (χ0) is 22.3. The van der Waals surface area contributed by atoms with Gasteiger partial charge in [0.1, 0.15) is 5.49 Å². The Hall–Kier alpha value is -2.61. The summed E-state index contributed by atoms with van der Waals surface area (Å²) < 4.78 is 1.83. The molecule has 0 bridgehead atoms. The molecule has 164 valence electrons. The third-order valence-corrected chi connectivity index (χ3v) is 7.00. The van der Waals surface area contributed by atoms with Gasteiger partial charge >= 0.3 is 0 Å². The number of nitrogens with zero attached hydrogens (tertiary/aromatic N) is 4. The molecule has 1 aliphatic rings. The number of amides is 1. The Morgan fingerprint density at radius 2 is 1.90 bits per heavy atom. The van der Waals surface area contributed by atoms with E-state index >= 15 is 0 Å². The Labute approximate surface area is 186 Å². The second kappa shape index (κ2) is 8.49. The second-order valence-corrected chi connectivity index (χ2v) is 9.87. The molecule has 4 rings (SSSR count). The number of likely N-dealkylation sites (tertiary alicyclic amines) is 1. The zero-order valence-electron chi connectivity index (χ0n) is 18.8.